The van der Waals surface area contributed by atoms with Gasteiger partial charge in [-0.15, -0.1) is 11.3 Å². The van der Waals surface area contributed by atoms with Gasteiger partial charge < -0.3 is 5.32 Å². The molecular weight excluding hydrogens is 439 g/mol. The van der Waals surface area contributed by atoms with E-state index in [2.05, 4.69) is 15.6 Å². The third kappa shape index (κ3) is 5.58. The lowest BCUT2D eigenvalue weighted by atomic mass is 10.1. The topological polar surface area (TPSA) is 71.1 Å². The van der Waals surface area contributed by atoms with Crippen molar-refractivity contribution in [3.63, 3.8) is 0 Å². The Kier molecular flexibility index (Phi) is 6.42. The lowest BCUT2D eigenvalue weighted by Gasteiger charge is -2.09. The number of amides is 2. The van der Waals surface area contributed by atoms with Gasteiger partial charge in [0.2, 0.25) is 5.91 Å². The summed E-state index contributed by atoms with van der Waals surface area (Å²) in [5, 5.41) is 5.78. The smallest absolute Gasteiger partial charge is 0.326 e. The SMILES string of the molecule is CC(=O)Nc1ccc(C(=O)Nc2ncc(Cc3cc(C(F)(F)F)ccc3Cl)s2)cc1. The molecule has 2 aromatic carbocycles. The standard InChI is InChI=1S/C20H15ClF3N3O2S/c1-11(28)26-15-5-2-12(3-6-15)18(29)27-19-25-10-16(30-19)9-13-8-14(20(22,23)24)4-7-17(13)21/h2-8,10H,9H2,1H3,(H,26,28)(H,25,27,29). The molecule has 0 bridgehead atoms. The van der Waals surface area contributed by atoms with Crippen LogP contribution in [0.25, 0.3) is 0 Å². The predicted octanol–water partition coefficient (Wildman–Crippen LogP) is 5.62. The molecule has 3 rings (SSSR count). The molecule has 0 aliphatic rings. The van der Waals surface area contributed by atoms with Crippen molar-refractivity contribution in [2.75, 3.05) is 10.6 Å². The predicted molar refractivity (Wildman–Crippen MR) is 110 cm³/mol. The van der Waals surface area contributed by atoms with Gasteiger partial charge in [-0.2, -0.15) is 13.2 Å². The third-order valence-electron chi connectivity index (χ3n) is 3.98. The van der Waals surface area contributed by atoms with Crippen molar-refractivity contribution in [3.8, 4) is 0 Å². The minimum absolute atomic E-state index is 0.154. The summed E-state index contributed by atoms with van der Waals surface area (Å²) < 4.78 is 38.7. The second-order valence-electron chi connectivity index (χ2n) is 6.33. The van der Waals surface area contributed by atoms with Gasteiger partial charge in [-0.05, 0) is 48.0 Å². The first kappa shape index (κ1) is 21.8. The number of benzene rings is 2. The van der Waals surface area contributed by atoms with E-state index in [1.54, 1.807) is 24.3 Å². The number of rotatable bonds is 5. The fourth-order valence-corrected chi connectivity index (χ4v) is 3.61. The Hall–Kier alpha value is -2.91. The highest BCUT2D eigenvalue weighted by Gasteiger charge is 2.30. The van der Waals surface area contributed by atoms with Crippen LogP contribution in [-0.4, -0.2) is 16.8 Å². The summed E-state index contributed by atoms with van der Waals surface area (Å²) in [6, 6.07) is 9.46. The van der Waals surface area contributed by atoms with E-state index in [-0.39, 0.29) is 17.4 Å². The van der Waals surface area contributed by atoms with E-state index in [1.807, 2.05) is 0 Å². The Morgan fingerprint density at radius 1 is 1.10 bits per heavy atom. The summed E-state index contributed by atoms with van der Waals surface area (Å²) in [4.78, 5) is 28.1. The van der Waals surface area contributed by atoms with Gasteiger partial charge in [0.05, 0.1) is 5.56 Å². The van der Waals surface area contributed by atoms with Crippen LogP contribution in [0, 0.1) is 0 Å². The van der Waals surface area contributed by atoms with Crippen LogP contribution in [0.3, 0.4) is 0 Å². The first-order valence-corrected chi connectivity index (χ1v) is 9.80. The molecule has 0 spiro atoms. The first-order chi connectivity index (χ1) is 14.1. The van der Waals surface area contributed by atoms with Crippen molar-refractivity contribution in [2.24, 2.45) is 0 Å². The van der Waals surface area contributed by atoms with Crippen LogP contribution in [0.5, 0.6) is 0 Å². The van der Waals surface area contributed by atoms with Gasteiger partial charge in [-0.25, -0.2) is 4.98 Å². The molecule has 0 unspecified atom stereocenters. The number of nitrogens with zero attached hydrogens (tertiary/aromatic N) is 1. The van der Waals surface area contributed by atoms with Crippen LogP contribution in [-0.2, 0) is 17.4 Å². The van der Waals surface area contributed by atoms with E-state index in [0.29, 0.717) is 26.8 Å². The maximum atomic E-state index is 12.9. The number of alkyl halides is 3. The van der Waals surface area contributed by atoms with Crippen molar-refractivity contribution in [3.05, 3.63) is 75.3 Å². The van der Waals surface area contributed by atoms with E-state index in [0.717, 1.165) is 23.5 Å². The highest BCUT2D eigenvalue weighted by atomic mass is 35.5. The molecule has 2 amide bonds. The zero-order valence-electron chi connectivity index (χ0n) is 15.5. The van der Waals surface area contributed by atoms with Crippen LogP contribution in [0.15, 0.2) is 48.7 Å². The van der Waals surface area contributed by atoms with Crippen molar-refractivity contribution in [2.45, 2.75) is 19.5 Å². The summed E-state index contributed by atoms with van der Waals surface area (Å²) in [6.45, 7) is 1.38. The molecule has 0 radical (unpaired) electrons. The average Bonchev–Trinajstić information content (AvgIpc) is 3.09. The molecule has 30 heavy (non-hydrogen) atoms. The monoisotopic (exact) mass is 453 g/mol. The second kappa shape index (κ2) is 8.85. The van der Waals surface area contributed by atoms with E-state index in [9.17, 15) is 22.8 Å². The van der Waals surface area contributed by atoms with Crippen molar-refractivity contribution in [1.82, 2.24) is 4.98 Å². The van der Waals surface area contributed by atoms with Crippen molar-refractivity contribution >= 4 is 45.6 Å². The van der Waals surface area contributed by atoms with Crippen LogP contribution >= 0.6 is 22.9 Å². The van der Waals surface area contributed by atoms with E-state index in [1.165, 1.54) is 19.2 Å². The molecule has 3 aromatic rings. The Balaban J connectivity index is 1.68. The summed E-state index contributed by atoms with van der Waals surface area (Å²) in [5.41, 5.74) is 0.472. The van der Waals surface area contributed by atoms with Crippen molar-refractivity contribution < 1.29 is 22.8 Å². The van der Waals surface area contributed by atoms with Gasteiger partial charge in [0, 0.05) is 40.7 Å². The maximum Gasteiger partial charge on any atom is 0.416 e. The number of anilines is 2. The molecule has 10 heteroatoms. The molecule has 5 nitrogen and oxygen atoms in total. The molecule has 156 valence electrons. The van der Waals surface area contributed by atoms with Crippen LogP contribution < -0.4 is 10.6 Å². The summed E-state index contributed by atoms with van der Waals surface area (Å²) in [5.74, 6) is -0.620. The van der Waals surface area contributed by atoms with Gasteiger partial charge in [0.25, 0.3) is 5.91 Å². The maximum absolute atomic E-state index is 12.9. The summed E-state index contributed by atoms with van der Waals surface area (Å²) in [7, 11) is 0. The highest BCUT2D eigenvalue weighted by molar-refractivity contribution is 7.15. The van der Waals surface area contributed by atoms with Gasteiger partial charge >= 0.3 is 6.18 Å². The van der Waals surface area contributed by atoms with Gasteiger partial charge in [-0.3, -0.25) is 14.9 Å². The number of thiazole rings is 1. The van der Waals surface area contributed by atoms with Crippen LogP contribution in [0.1, 0.15) is 33.3 Å². The van der Waals surface area contributed by atoms with E-state index in [4.69, 9.17) is 11.6 Å². The average molecular weight is 454 g/mol. The van der Waals surface area contributed by atoms with Crippen LogP contribution in [0.4, 0.5) is 24.0 Å². The first-order valence-electron chi connectivity index (χ1n) is 8.61. The van der Waals surface area contributed by atoms with Gasteiger partial charge in [0.15, 0.2) is 5.13 Å². The lowest BCUT2D eigenvalue weighted by molar-refractivity contribution is -0.137. The molecule has 0 aliphatic heterocycles. The Labute approximate surface area is 178 Å². The van der Waals surface area contributed by atoms with E-state index < -0.39 is 17.6 Å². The number of halogens is 4. The molecule has 1 aromatic heterocycles. The number of nitrogens with one attached hydrogen (secondary N) is 2. The molecule has 0 saturated heterocycles. The molecule has 0 fully saturated rings. The minimum Gasteiger partial charge on any atom is -0.326 e. The fourth-order valence-electron chi connectivity index (χ4n) is 2.60. The molecule has 0 atom stereocenters. The zero-order valence-corrected chi connectivity index (χ0v) is 17.1. The fraction of sp³-hybridized carbons (Fsp3) is 0.150. The molecule has 2 N–H and O–H groups in total. The summed E-state index contributed by atoms with van der Waals surface area (Å²) >= 11 is 7.18. The number of carbonyl (C=O) groups excluding carboxylic acids is 2. The Bertz CT molecular complexity index is 1080. The zero-order chi connectivity index (χ0) is 21.9. The van der Waals surface area contributed by atoms with Crippen molar-refractivity contribution in [1.29, 1.82) is 0 Å². The van der Waals surface area contributed by atoms with Crippen LogP contribution in [0.2, 0.25) is 5.02 Å². The van der Waals surface area contributed by atoms with Gasteiger partial charge in [-0.1, -0.05) is 11.6 Å². The second-order valence-corrected chi connectivity index (χ2v) is 7.85. The number of hydrogen-bond acceptors (Lipinski definition) is 4. The molecule has 0 aliphatic carbocycles. The third-order valence-corrected chi connectivity index (χ3v) is 5.26. The highest BCUT2D eigenvalue weighted by Crippen LogP contribution is 2.33. The largest absolute Gasteiger partial charge is 0.416 e. The summed E-state index contributed by atoms with van der Waals surface area (Å²) in [6.07, 6.45) is -2.82. The quantitative estimate of drug-likeness (QED) is 0.527. The number of carbonyl (C=O) groups is 2. The lowest BCUT2D eigenvalue weighted by Crippen LogP contribution is -2.12. The van der Waals surface area contributed by atoms with Gasteiger partial charge in [0.1, 0.15) is 0 Å². The number of aromatic nitrogens is 1. The number of hydrogen-bond donors (Lipinski definition) is 2. The molecular formula is C20H15ClF3N3O2S. The molecule has 0 saturated carbocycles. The van der Waals surface area contributed by atoms with E-state index >= 15 is 0 Å². The Morgan fingerprint density at radius 3 is 2.43 bits per heavy atom. The molecule has 1 heterocycles. The normalized spacial score (nSPS) is 11.2. The minimum atomic E-state index is -4.46. The Morgan fingerprint density at radius 2 is 1.80 bits per heavy atom.